The van der Waals surface area contributed by atoms with E-state index < -0.39 is 0 Å². The molecule has 1 saturated heterocycles. The van der Waals surface area contributed by atoms with Crippen LogP contribution >= 0.6 is 0 Å². The molecule has 232 valence electrons. The van der Waals surface area contributed by atoms with Gasteiger partial charge in [-0.3, -0.25) is 9.48 Å². The van der Waals surface area contributed by atoms with Crippen molar-refractivity contribution in [3.8, 4) is 0 Å². The summed E-state index contributed by atoms with van der Waals surface area (Å²) < 4.78 is 8.40. The van der Waals surface area contributed by atoms with Crippen molar-refractivity contribution >= 4 is 33.1 Å². The maximum absolute atomic E-state index is 12.6. The minimum Gasteiger partial charge on any atom is -0.372 e. The van der Waals surface area contributed by atoms with Crippen LogP contribution in [0, 0.1) is 0 Å². The Labute approximate surface area is 269 Å². The summed E-state index contributed by atoms with van der Waals surface area (Å²) in [5, 5.41) is 17.4. The Morgan fingerprint density at radius 1 is 0.848 bits per heavy atom. The number of hydrogen-bond donors (Lipinski definition) is 1. The Balaban J connectivity index is 0.960. The number of hydrogen-bond acceptors (Lipinski definition) is 5. The summed E-state index contributed by atoms with van der Waals surface area (Å²) in [6, 6.07) is 37.9. The molecule has 1 amide bonds. The summed E-state index contributed by atoms with van der Waals surface area (Å²) in [6.07, 6.45) is 3.91. The number of aromatic nitrogens is 3. The molecule has 0 aliphatic carbocycles. The van der Waals surface area contributed by atoms with E-state index in [9.17, 15) is 4.79 Å². The van der Waals surface area contributed by atoms with Crippen LogP contribution < -0.4 is 10.2 Å². The Morgan fingerprint density at radius 3 is 2.22 bits per heavy atom. The van der Waals surface area contributed by atoms with Crippen LogP contribution in [0.15, 0.2) is 115 Å². The first kappa shape index (κ1) is 29.8. The average Bonchev–Trinajstić information content (AvgIpc) is 3.58. The number of amides is 1. The van der Waals surface area contributed by atoms with Crippen LogP contribution in [0.25, 0.3) is 21.5 Å². The molecule has 6 aromatic rings. The van der Waals surface area contributed by atoms with Gasteiger partial charge in [-0.15, -0.1) is 5.10 Å². The van der Waals surface area contributed by atoms with Crippen molar-refractivity contribution in [3.63, 3.8) is 0 Å². The number of piperidine rings is 1. The van der Waals surface area contributed by atoms with E-state index in [2.05, 4.69) is 107 Å². The van der Waals surface area contributed by atoms with E-state index in [4.69, 9.17) is 4.74 Å². The number of rotatable bonds is 10. The third-order valence-electron chi connectivity index (χ3n) is 9.05. The molecule has 5 aromatic carbocycles. The van der Waals surface area contributed by atoms with Gasteiger partial charge >= 0.3 is 0 Å². The SMILES string of the molecule is CC(=O)N(Cc1ccc2ccccc2c1)c1ccc(CCn2cc([C@H]3CCNC[C@@H]3OCc3ccc4ccccc4c3)nn2)cc1. The predicted molar refractivity (Wildman–Crippen MR) is 184 cm³/mol. The second kappa shape index (κ2) is 13.6. The zero-order chi connectivity index (χ0) is 31.3. The normalized spacial score (nSPS) is 16.5. The second-order valence-electron chi connectivity index (χ2n) is 12.2. The molecule has 0 saturated carbocycles. The summed E-state index contributed by atoms with van der Waals surface area (Å²) in [4.78, 5) is 14.4. The lowest BCUT2D eigenvalue weighted by atomic mass is 9.92. The third-order valence-corrected chi connectivity index (χ3v) is 9.05. The van der Waals surface area contributed by atoms with Gasteiger partial charge in [-0.25, -0.2) is 0 Å². The molecule has 7 rings (SSSR count). The van der Waals surface area contributed by atoms with Crippen LogP contribution in [-0.4, -0.2) is 40.1 Å². The summed E-state index contributed by atoms with van der Waals surface area (Å²) in [5.74, 6) is 0.225. The van der Waals surface area contributed by atoms with Crippen LogP contribution in [0.1, 0.15) is 41.6 Å². The van der Waals surface area contributed by atoms with Crippen molar-refractivity contribution < 1.29 is 9.53 Å². The second-order valence-corrected chi connectivity index (χ2v) is 12.2. The van der Waals surface area contributed by atoms with Crippen LogP contribution in [0.4, 0.5) is 5.69 Å². The van der Waals surface area contributed by atoms with E-state index >= 15 is 0 Å². The molecule has 2 atom stereocenters. The molecule has 46 heavy (non-hydrogen) atoms. The largest absolute Gasteiger partial charge is 0.372 e. The fraction of sp³-hybridized carbons (Fsp3) is 0.256. The number of fused-ring (bicyclic) bond motifs is 2. The highest BCUT2D eigenvalue weighted by molar-refractivity contribution is 5.91. The molecule has 0 spiro atoms. The van der Waals surface area contributed by atoms with Crippen molar-refractivity contribution in [2.75, 3.05) is 18.0 Å². The van der Waals surface area contributed by atoms with Gasteiger partial charge in [0.2, 0.25) is 5.91 Å². The van der Waals surface area contributed by atoms with Crippen molar-refractivity contribution in [1.29, 1.82) is 0 Å². The van der Waals surface area contributed by atoms with Crippen LogP contribution in [-0.2, 0) is 35.6 Å². The molecule has 0 radical (unpaired) electrons. The number of carbonyl (C=O) groups excluding carboxylic acids is 1. The van der Waals surface area contributed by atoms with Gasteiger partial charge in [0.25, 0.3) is 0 Å². The van der Waals surface area contributed by atoms with E-state index in [1.807, 2.05) is 33.8 Å². The lowest BCUT2D eigenvalue weighted by molar-refractivity contribution is -0.116. The number of ether oxygens (including phenoxy) is 1. The summed E-state index contributed by atoms with van der Waals surface area (Å²) in [5.41, 5.74) is 5.36. The van der Waals surface area contributed by atoms with E-state index in [0.29, 0.717) is 13.2 Å². The first-order chi connectivity index (χ1) is 22.6. The Bertz CT molecular complexity index is 1950. The number of carbonyl (C=O) groups is 1. The number of benzene rings is 5. The van der Waals surface area contributed by atoms with Gasteiger partial charge in [0.15, 0.2) is 0 Å². The molecule has 1 N–H and O–H groups in total. The summed E-state index contributed by atoms with van der Waals surface area (Å²) in [6.45, 7) is 5.20. The molecule has 0 bridgehead atoms. The quantitative estimate of drug-likeness (QED) is 0.180. The van der Waals surface area contributed by atoms with Crippen molar-refractivity contribution in [1.82, 2.24) is 20.3 Å². The average molecular weight is 610 g/mol. The van der Waals surface area contributed by atoms with Crippen LogP contribution in [0.3, 0.4) is 0 Å². The summed E-state index contributed by atoms with van der Waals surface area (Å²) >= 11 is 0. The maximum atomic E-state index is 12.6. The number of nitrogens with one attached hydrogen (secondary N) is 1. The highest BCUT2D eigenvalue weighted by atomic mass is 16.5. The molecule has 7 nitrogen and oxygen atoms in total. The zero-order valence-corrected chi connectivity index (χ0v) is 26.2. The van der Waals surface area contributed by atoms with E-state index in [-0.39, 0.29) is 17.9 Å². The fourth-order valence-corrected chi connectivity index (χ4v) is 6.46. The first-order valence-electron chi connectivity index (χ1n) is 16.1. The van der Waals surface area contributed by atoms with Gasteiger partial charge in [0.05, 0.1) is 24.9 Å². The Kier molecular flexibility index (Phi) is 8.85. The third kappa shape index (κ3) is 6.86. The van der Waals surface area contributed by atoms with Gasteiger partial charge in [-0.05, 0) is 81.9 Å². The minimum atomic E-state index is 0.0218. The zero-order valence-electron chi connectivity index (χ0n) is 26.2. The van der Waals surface area contributed by atoms with E-state index in [1.165, 1.54) is 32.7 Å². The number of nitrogens with zero attached hydrogens (tertiary/aromatic N) is 4. The van der Waals surface area contributed by atoms with Crippen LogP contribution in [0.2, 0.25) is 0 Å². The van der Waals surface area contributed by atoms with E-state index in [1.54, 1.807) is 6.92 Å². The lowest BCUT2D eigenvalue weighted by Gasteiger charge is -2.30. The van der Waals surface area contributed by atoms with Crippen molar-refractivity contribution in [2.45, 2.75) is 51.5 Å². The number of anilines is 1. The Hall–Kier alpha value is -4.85. The molecule has 1 aromatic heterocycles. The van der Waals surface area contributed by atoms with Crippen LogP contribution in [0.5, 0.6) is 0 Å². The fourth-order valence-electron chi connectivity index (χ4n) is 6.46. The molecule has 0 unspecified atom stereocenters. The van der Waals surface area contributed by atoms with Gasteiger partial charge < -0.3 is 15.0 Å². The van der Waals surface area contributed by atoms with Crippen molar-refractivity contribution in [2.24, 2.45) is 0 Å². The van der Waals surface area contributed by atoms with Gasteiger partial charge in [-0.1, -0.05) is 90.1 Å². The standard InChI is InChI=1S/C39H39N5O2/c1-28(45)44(25-30-10-14-32-6-2-4-8-34(32)22-30)36-16-12-29(13-17-36)19-21-43-26-38(41-42-43)37-18-20-40-24-39(37)46-27-31-11-15-33-7-3-5-9-35(33)23-31/h2-17,22-23,26,37,39-40H,18-21,24-25,27H2,1H3/t37-,39+/m1/s1. The monoisotopic (exact) mass is 609 g/mol. The van der Waals surface area contributed by atoms with Gasteiger partial charge in [0, 0.05) is 37.8 Å². The highest BCUT2D eigenvalue weighted by Gasteiger charge is 2.29. The number of aryl methyl sites for hydroxylation is 2. The topological polar surface area (TPSA) is 72.3 Å². The first-order valence-corrected chi connectivity index (χ1v) is 16.1. The summed E-state index contributed by atoms with van der Waals surface area (Å²) in [7, 11) is 0. The molecule has 2 heterocycles. The molecule has 1 aliphatic rings. The molecule has 7 heteroatoms. The smallest absolute Gasteiger partial charge is 0.224 e. The predicted octanol–water partition coefficient (Wildman–Crippen LogP) is 7.04. The Morgan fingerprint density at radius 2 is 1.50 bits per heavy atom. The maximum Gasteiger partial charge on any atom is 0.224 e. The molecule has 1 aliphatic heterocycles. The van der Waals surface area contributed by atoms with E-state index in [0.717, 1.165) is 49.4 Å². The lowest BCUT2D eigenvalue weighted by Crippen LogP contribution is -2.41. The molecular weight excluding hydrogens is 570 g/mol. The minimum absolute atomic E-state index is 0.0218. The molecular formula is C39H39N5O2. The molecule has 1 fully saturated rings. The van der Waals surface area contributed by atoms with Gasteiger partial charge in [0.1, 0.15) is 0 Å². The van der Waals surface area contributed by atoms with Crippen molar-refractivity contribution in [3.05, 3.63) is 138 Å². The highest BCUT2D eigenvalue weighted by Crippen LogP contribution is 2.28. The van der Waals surface area contributed by atoms with Gasteiger partial charge in [-0.2, -0.15) is 0 Å².